The number of hydrogen-bond acceptors (Lipinski definition) is 3. The number of para-hydroxylation sites is 1. The molecule has 1 N–H and O–H groups in total. The minimum absolute atomic E-state index is 0.331. The number of halogens is 1. The van der Waals surface area contributed by atoms with Crippen LogP contribution in [0.4, 0.5) is 0 Å². The Hall–Kier alpha value is -0.580. The number of nitrogens with zero attached hydrogens (tertiary/aromatic N) is 1. The Labute approximate surface area is 137 Å². The van der Waals surface area contributed by atoms with Crippen molar-refractivity contribution in [2.45, 2.75) is 45.6 Å². The van der Waals surface area contributed by atoms with Crippen molar-refractivity contribution < 1.29 is 9.84 Å². The third-order valence-electron chi connectivity index (χ3n) is 3.39. The van der Waals surface area contributed by atoms with Gasteiger partial charge < -0.3 is 14.7 Å². The van der Waals surface area contributed by atoms with Gasteiger partial charge in [0.2, 0.25) is 0 Å². The fourth-order valence-corrected chi connectivity index (χ4v) is 2.56. The van der Waals surface area contributed by atoms with E-state index in [1.807, 2.05) is 24.3 Å². The Morgan fingerprint density at radius 3 is 2.33 bits per heavy atom. The van der Waals surface area contributed by atoms with Crippen LogP contribution in [0.25, 0.3) is 0 Å². The highest BCUT2D eigenvalue weighted by atomic mass is 79.9. The lowest BCUT2D eigenvalue weighted by molar-refractivity contribution is 0.0669. The summed E-state index contributed by atoms with van der Waals surface area (Å²) in [6.45, 7) is 7.53. The highest BCUT2D eigenvalue weighted by Crippen LogP contribution is 2.23. The third-order valence-corrected chi connectivity index (χ3v) is 4.05. The summed E-state index contributed by atoms with van der Waals surface area (Å²) >= 11 is 3.45. The molecule has 0 aromatic heterocycles. The van der Waals surface area contributed by atoms with Gasteiger partial charge in [-0.25, -0.2) is 0 Å². The van der Waals surface area contributed by atoms with E-state index in [-0.39, 0.29) is 0 Å². The lowest BCUT2D eigenvalue weighted by atomic mass is 10.2. The van der Waals surface area contributed by atoms with Gasteiger partial charge in [-0.1, -0.05) is 38.8 Å². The second-order valence-corrected chi connectivity index (χ2v) is 6.26. The highest BCUT2D eigenvalue weighted by Gasteiger charge is 2.12. The van der Waals surface area contributed by atoms with E-state index in [9.17, 15) is 5.11 Å². The molecule has 21 heavy (non-hydrogen) atoms. The van der Waals surface area contributed by atoms with Crippen molar-refractivity contribution in [3.05, 3.63) is 28.7 Å². The number of ether oxygens (including phenoxy) is 1. The van der Waals surface area contributed by atoms with E-state index in [1.54, 1.807) is 0 Å². The van der Waals surface area contributed by atoms with Gasteiger partial charge in [0.1, 0.15) is 18.5 Å². The van der Waals surface area contributed by atoms with Crippen molar-refractivity contribution in [1.29, 1.82) is 0 Å². The molecule has 1 aromatic carbocycles. The van der Waals surface area contributed by atoms with Crippen LogP contribution in [0.3, 0.4) is 0 Å². The first-order valence-electron chi connectivity index (χ1n) is 7.95. The van der Waals surface area contributed by atoms with Crippen LogP contribution in [0.2, 0.25) is 0 Å². The van der Waals surface area contributed by atoms with Gasteiger partial charge in [-0.2, -0.15) is 0 Å². The zero-order chi connectivity index (χ0) is 15.5. The molecule has 0 saturated heterocycles. The Morgan fingerprint density at radius 2 is 1.76 bits per heavy atom. The van der Waals surface area contributed by atoms with Gasteiger partial charge in [-0.15, -0.1) is 0 Å². The molecule has 0 fully saturated rings. The van der Waals surface area contributed by atoms with Gasteiger partial charge in [0.25, 0.3) is 0 Å². The average Bonchev–Trinajstić information content (AvgIpc) is 2.49. The molecular formula is C17H28BrNO2. The highest BCUT2D eigenvalue weighted by molar-refractivity contribution is 9.10. The molecule has 4 heteroatoms. The van der Waals surface area contributed by atoms with Crippen molar-refractivity contribution >= 4 is 15.9 Å². The van der Waals surface area contributed by atoms with Gasteiger partial charge in [0, 0.05) is 6.54 Å². The Morgan fingerprint density at radius 1 is 1.14 bits per heavy atom. The molecule has 0 bridgehead atoms. The van der Waals surface area contributed by atoms with Crippen LogP contribution < -0.4 is 4.74 Å². The fourth-order valence-electron chi connectivity index (χ4n) is 2.16. The molecule has 0 radical (unpaired) electrons. The van der Waals surface area contributed by atoms with Crippen LogP contribution >= 0.6 is 15.9 Å². The maximum Gasteiger partial charge on any atom is 0.133 e. The second-order valence-electron chi connectivity index (χ2n) is 5.40. The minimum Gasteiger partial charge on any atom is -0.490 e. The number of benzene rings is 1. The van der Waals surface area contributed by atoms with E-state index < -0.39 is 6.10 Å². The molecule has 0 saturated carbocycles. The van der Waals surface area contributed by atoms with Gasteiger partial charge in [0.05, 0.1) is 4.47 Å². The van der Waals surface area contributed by atoms with Crippen LogP contribution in [-0.4, -0.2) is 42.4 Å². The van der Waals surface area contributed by atoms with Crippen molar-refractivity contribution in [2.75, 3.05) is 26.2 Å². The molecule has 1 rings (SSSR count). The van der Waals surface area contributed by atoms with E-state index in [4.69, 9.17) is 4.74 Å². The first kappa shape index (κ1) is 18.5. The SMILES string of the molecule is CCCCN(CCCC)C[C@H](O)COc1ccccc1Br. The van der Waals surface area contributed by atoms with Crippen molar-refractivity contribution in [2.24, 2.45) is 0 Å². The van der Waals surface area contributed by atoms with Crippen LogP contribution in [0.5, 0.6) is 5.75 Å². The summed E-state index contributed by atoms with van der Waals surface area (Å²) in [5.41, 5.74) is 0. The topological polar surface area (TPSA) is 32.7 Å². The number of aliphatic hydroxyl groups excluding tert-OH is 1. The Bertz CT molecular complexity index is 379. The monoisotopic (exact) mass is 357 g/mol. The Kier molecular flexibility index (Phi) is 9.72. The zero-order valence-electron chi connectivity index (χ0n) is 13.2. The van der Waals surface area contributed by atoms with Crippen LogP contribution in [-0.2, 0) is 0 Å². The molecule has 1 aromatic rings. The molecule has 0 amide bonds. The molecule has 1 atom stereocenters. The maximum absolute atomic E-state index is 10.2. The van der Waals surface area contributed by atoms with Crippen LogP contribution in [0.15, 0.2) is 28.7 Å². The fraction of sp³-hybridized carbons (Fsp3) is 0.647. The summed E-state index contributed by atoms with van der Waals surface area (Å²) in [6.07, 6.45) is 4.28. The molecule has 0 aliphatic rings. The normalized spacial score (nSPS) is 12.6. The predicted octanol–water partition coefficient (Wildman–Crippen LogP) is 4.09. The number of unbranched alkanes of at least 4 members (excludes halogenated alkanes) is 2. The van der Waals surface area contributed by atoms with Gasteiger partial charge in [-0.3, -0.25) is 0 Å². The number of aliphatic hydroxyl groups is 1. The number of hydrogen-bond donors (Lipinski definition) is 1. The molecule has 0 heterocycles. The minimum atomic E-state index is -0.453. The van der Waals surface area contributed by atoms with Gasteiger partial charge in [0.15, 0.2) is 0 Å². The third kappa shape index (κ3) is 7.84. The van der Waals surface area contributed by atoms with E-state index in [1.165, 1.54) is 25.7 Å². The first-order chi connectivity index (χ1) is 10.2. The largest absolute Gasteiger partial charge is 0.490 e. The van der Waals surface area contributed by atoms with Crippen LogP contribution in [0, 0.1) is 0 Å². The summed E-state index contributed by atoms with van der Waals surface area (Å²) in [5, 5.41) is 10.2. The van der Waals surface area contributed by atoms with Gasteiger partial charge in [-0.05, 0) is 54.0 Å². The lowest BCUT2D eigenvalue weighted by Gasteiger charge is -2.25. The Balaban J connectivity index is 2.38. The van der Waals surface area contributed by atoms with E-state index in [0.717, 1.165) is 23.3 Å². The molecule has 0 unspecified atom stereocenters. The van der Waals surface area contributed by atoms with Crippen molar-refractivity contribution in [3.63, 3.8) is 0 Å². The molecule has 120 valence electrons. The standard InChI is InChI=1S/C17H28BrNO2/c1-3-5-11-19(12-6-4-2)13-15(20)14-21-17-10-8-7-9-16(17)18/h7-10,15,20H,3-6,11-14H2,1-2H3/t15-/m0/s1. The predicted molar refractivity (Wildman–Crippen MR) is 91.9 cm³/mol. The first-order valence-corrected chi connectivity index (χ1v) is 8.74. The summed E-state index contributed by atoms with van der Waals surface area (Å²) in [5.74, 6) is 0.783. The lowest BCUT2D eigenvalue weighted by Crippen LogP contribution is -2.37. The molecular weight excluding hydrogens is 330 g/mol. The smallest absolute Gasteiger partial charge is 0.133 e. The molecule has 0 aliphatic heterocycles. The maximum atomic E-state index is 10.2. The van der Waals surface area contributed by atoms with Gasteiger partial charge >= 0.3 is 0 Å². The average molecular weight is 358 g/mol. The van der Waals surface area contributed by atoms with E-state index >= 15 is 0 Å². The zero-order valence-corrected chi connectivity index (χ0v) is 14.8. The quantitative estimate of drug-likeness (QED) is 0.647. The van der Waals surface area contributed by atoms with Crippen LogP contribution in [0.1, 0.15) is 39.5 Å². The summed E-state index contributed by atoms with van der Waals surface area (Å²) < 4.78 is 6.61. The molecule has 3 nitrogen and oxygen atoms in total. The van der Waals surface area contributed by atoms with E-state index in [2.05, 4.69) is 34.7 Å². The van der Waals surface area contributed by atoms with E-state index in [0.29, 0.717) is 13.2 Å². The van der Waals surface area contributed by atoms with Crippen molar-refractivity contribution in [1.82, 2.24) is 4.90 Å². The summed E-state index contributed by atoms with van der Waals surface area (Å²) in [6, 6.07) is 7.73. The van der Waals surface area contributed by atoms with Crippen molar-refractivity contribution in [3.8, 4) is 5.75 Å². The molecule has 0 spiro atoms. The second kappa shape index (κ2) is 11.0. The summed E-state index contributed by atoms with van der Waals surface area (Å²) in [7, 11) is 0. The number of rotatable bonds is 11. The molecule has 0 aliphatic carbocycles. The summed E-state index contributed by atoms with van der Waals surface area (Å²) in [4.78, 5) is 2.35.